The maximum absolute atomic E-state index is 13.1. The van der Waals surface area contributed by atoms with Crippen molar-refractivity contribution in [3.8, 4) is 0 Å². The number of halogens is 1. The lowest BCUT2D eigenvalue weighted by Gasteiger charge is -2.24. The van der Waals surface area contributed by atoms with Crippen LogP contribution in [0.15, 0.2) is 36.2 Å². The molecule has 68 valence electrons. The van der Waals surface area contributed by atoms with E-state index in [0.717, 1.165) is 24.8 Å². The van der Waals surface area contributed by atoms with E-state index >= 15 is 0 Å². The molecule has 0 amide bonds. The molecule has 0 aromatic carbocycles. The summed E-state index contributed by atoms with van der Waals surface area (Å²) in [5, 5.41) is 0. The van der Waals surface area contributed by atoms with E-state index in [-0.39, 0.29) is 5.41 Å². The van der Waals surface area contributed by atoms with E-state index in [0.29, 0.717) is 0 Å². The molecule has 0 aromatic rings. The van der Waals surface area contributed by atoms with Gasteiger partial charge in [-0.15, -0.1) is 0 Å². The van der Waals surface area contributed by atoms with E-state index in [9.17, 15) is 9.18 Å². The zero-order valence-corrected chi connectivity index (χ0v) is 7.35. The minimum Gasteiger partial charge on any atom is -0.287 e. The van der Waals surface area contributed by atoms with Gasteiger partial charge in [-0.3, -0.25) is 4.79 Å². The van der Waals surface area contributed by atoms with Crippen LogP contribution in [0.25, 0.3) is 0 Å². The maximum atomic E-state index is 13.1. The maximum Gasteiger partial charge on any atom is 0.213 e. The van der Waals surface area contributed by atoms with Gasteiger partial charge in [-0.1, -0.05) is 18.2 Å². The predicted octanol–water partition coefficient (Wildman–Crippen LogP) is 2.71. The van der Waals surface area contributed by atoms with Gasteiger partial charge in [-0.25, -0.2) is 4.39 Å². The molecule has 1 fully saturated rings. The summed E-state index contributed by atoms with van der Waals surface area (Å²) in [7, 11) is 0. The van der Waals surface area contributed by atoms with Gasteiger partial charge in [0.05, 0.1) is 0 Å². The Morgan fingerprint density at radius 2 is 2.31 bits per heavy atom. The van der Waals surface area contributed by atoms with E-state index in [1.165, 1.54) is 12.2 Å². The first-order chi connectivity index (χ1) is 6.14. The first-order valence-electron chi connectivity index (χ1n) is 4.44. The Morgan fingerprint density at radius 1 is 1.54 bits per heavy atom. The van der Waals surface area contributed by atoms with Crippen LogP contribution >= 0.6 is 0 Å². The second kappa shape index (κ2) is 2.66. The summed E-state index contributed by atoms with van der Waals surface area (Å²) >= 11 is 0. The average Bonchev–Trinajstić information content (AvgIpc) is 2.42. The van der Waals surface area contributed by atoms with Crippen molar-refractivity contribution in [1.29, 1.82) is 0 Å². The Kier molecular flexibility index (Phi) is 1.72. The quantitative estimate of drug-likeness (QED) is 0.521. The molecule has 0 saturated heterocycles. The normalized spacial score (nSPS) is 32.8. The number of rotatable bonds is 0. The fraction of sp³-hybridized carbons (Fsp3) is 0.364. The summed E-state index contributed by atoms with van der Waals surface area (Å²) in [6.45, 7) is 3.92. The Bertz CT molecular complexity index is 338. The molecule has 0 heterocycles. The molecule has 2 heteroatoms. The highest BCUT2D eigenvalue weighted by Crippen LogP contribution is 2.46. The third kappa shape index (κ3) is 1.17. The van der Waals surface area contributed by atoms with E-state index in [2.05, 4.69) is 6.58 Å². The molecule has 2 aliphatic rings. The van der Waals surface area contributed by atoms with Crippen LogP contribution in [0.5, 0.6) is 0 Å². The van der Waals surface area contributed by atoms with Gasteiger partial charge in [0.2, 0.25) is 5.78 Å². The number of carbonyl (C=O) groups is 1. The highest BCUT2D eigenvalue weighted by molar-refractivity contribution is 6.03. The van der Waals surface area contributed by atoms with Gasteiger partial charge in [-0.2, -0.15) is 0 Å². The van der Waals surface area contributed by atoms with Crippen molar-refractivity contribution in [2.75, 3.05) is 0 Å². The van der Waals surface area contributed by atoms with Crippen molar-refractivity contribution < 1.29 is 9.18 Å². The lowest BCUT2D eigenvalue weighted by Crippen LogP contribution is -2.17. The first-order valence-corrected chi connectivity index (χ1v) is 4.44. The third-order valence-corrected chi connectivity index (χ3v) is 2.88. The highest BCUT2D eigenvalue weighted by Gasteiger charge is 2.36. The van der Waals surface area contributed by atoms with Crippen LogP contribution in [0.3, 0.4) is 0 Å². The molecule has 0 radical (unpaired) electrons. The molecule has 1 nitrogen and oxygen atoms in total. The summed E-state index contributed by atoms with van der Waals surface area (Å²) in [4.78, 5) is 10.9. The second-order valence-corrected chi connectivity index (χ2v) is 3.69. The molecule has 1 saturated carbocycles. The minimum absolute atomic E-state index is 0.349. The van der Waals surface area contributed by atoms with Gasteiger partial charge in [-0.05, 0) is 31.4 Å². The lowest BCUT2D eigenvalue weighted by atomic mass is 9.79. The van der Waals surface area contributed by atoms with Crippen LogP contribution in [0.2, 0.25) is 0 Å². The summed E-state index contributed by atoms with van der Waals surface area (Å²) < 4.78 is 13.1. The van der Waals surface area contributed by atoms with Crippen LogP contribution in [-0.4, -0.2) is 5.78 Å². The van der Waals surface area contributed by atoms with Gasteiger partial charge < -0.3 is 0 Å². The van der Waals surface area contributed by atoms with Crippen LogP contribution in [0.1, 0.15) is 19.3 Å². The second-order valence-electron chi connectivity index (χ2n) is 3.69. The zero-order valence-electron chi connectivity index (χ0n) is 7.35. The SMILES string of the molecule is C=C1CCCC12C=CC(=O)C(F)=C2. The van der Waals surface area contributed by atoms with Gasteiger partial charge in [0.1, 0.15) is 0 Å². The Morgan fingerprint density at radius 3 is 2.85 bits per heavy atom. The van der Waals surface area contributed by atoms with Gasteiger partial charge in [0.15, 0.2) is 5.83 Å². The summed E-state index contributed by atoms with van der Waals surface area (Å²) in [6.07, 6.45) is 7.37. The van der Waals surface area contributed by atoms with Crippen molar-refractivity contribution in [2.45, 2.75) is 19.3 Å². The van der Waals surface area contributed by atoms with Crippen LogP contribution in [0, 0.1) is 5.41 Å². The van der Waals surface area contributed by atoms with E-state index < -0.39 is 11.6 Å². The molecule has 2 rings (SSSR count). The van der Waals surface area contributed by atoms with Crippen molar-refractivity contribution in [2.24, 2.45) is 5.41 Å². The molecule has 1 spiro atoms. The Labute approximate surface area is 76.6 Å². The Balaban J connectivity index is 2.41. The smallest absolute Gasteiger partial charge is 0.213 e. The fourth-order valence-corrected chi connectivity index (χ4v) is 2.03. The summed E-state index contributed by atoms with van der Waals surface area (Å²) in [5.74, 6) is -1.16. The highest BCUT2D eigenvalue weighted by atomic mass is 19.1. The van der Waals surface area contributed by atoms with E-state index in [1.54, 1.807) is 6.08 Å². The molecular formula is C11H11FO. The molecule has 1 atom stereocenters. The molecule has 0 N–H and O–H groups in total. The fourth-order valence-electron chi connectivity index (χ4n) is 2.03. The number of hydrogen-bond acceptors (Lipinski definition) is 1. The van der Waals surface area contributed by atoms with E-state index in [1.807, 2.05) is 0 Å². The van der Waals surface area contributed by atoms with Crippen LogP contribution in [0.4, 0.5) is 4.39 Å². The zero-order chi connectivity index (χ0) is 9.47. The van der Waals surface area contributed by atoms with Crippen LogP contribution < -0.4 is 0 Å². The largest absolute Gasteiger partial charge is 0.287 e. The molecule has 0 aromatic heterocycles. The molecule has 0 aliphatic heterocycles. The van der Waals surface area contributed by atoms with Crippen molar-refractivity contribution in [1.82, 2.24) is 0 Å². The molecule has 13 heavy (non-hydrogen) atoms. The summed E-state index contributed by atoms with van der Waals surface area (Å²) in [6, 6.07) is 0. The van der Waals surface area contributed by atoms with Crippen LogP contribution in [-0.2, 0) is 4.79 Å². The number of allylic oxidation sites excluding steroid dienone is 5. The van der Waals surface area contributed by atoms with E-state index in [4.69, 9.17) is 0 Å². The van der Waals surface area contributed by atoms with Gasteiger partial charge in [0, 0.05) is 5.41 Å². The predicted molar refractivity (Wildman–Crippen MR) is 48.8 cm³/mol. The molecule has 0 bridgehead atoms. The number of carbonyl (C=O) groups excluding carboxylic acids is 1. The Hall–Kier alpha value is -1.18. The monoisotopic (exact) mass is 178 g/mol. The average molecular weight is 178 g/mol. The minimum atomic E-state index is -0.634. The third-order valence-electron chi connectivity index (χ3n) is 2.88. The van der Waals surface area contributed by atoms with Gasteiger partial charge in [0.25, 0.3) is 0 Å². The van der Waals surface area contributed by atoms with Gasteiger partial charge >= 0.3 is 0 Å². The molecule has 2 aliphatic carbocycles. The number of hydrogen-bond donors (Lipinski definition) is 0. The van der Waals surface area contributed by atoms with Crippen molar-refractivity contribution in [3.63, 3.8) is 0 Å². The number of ketones is 1. The lowest BCUT2D eigenvalue weighted by molar-refractivity contribution is -0.112. The molecular weight excluding hydrogens is 167 g/mol. The molecule has 1 unspecified atom stereocenters. The topological polar surface area (TPSA) is 17.1 Å². The summed E-state index contributed by atoms with van der Waals surface area (Å²) in [5.41, 5.74) is 0.671. The standard InChI is InChI=1S/C11H11FO/c1-8-3-2-5-11(8)6-4-10(13)9(12)7-11/h4,6-7H,1-3,5H2. The van der Waals surface area contributed by atoms with Crippen molar-refractivity contribution >= 4 is 5.78 Å². The first kappa shape index (κ1) is 8.42. The van der Waals surface area contributed by atoms with Crippen molar-refractivity contribution in [3.05, 3.63) is 36.2 Å².